The number of nitrogens with zero attached hydrogens (tertiary/aromatic N) is 3. The van der Waals surface area contributed by atoms with E-state index in [4.69, 9.17) is 9.47 Å². The molecule has 1 aromatic heterocycles. The third-order valence-electron chi connectivity index (χ3n) is 5.53. The fourth-order valence-corrected chi connectivity index (χ4v) is 4.15. The average molecular weight is 341 g/mol. The number of benzene rings is 1. The van der Waals surface area contributed by atoms with E-state index in [1.54, 1.807) is 0 Å². The minimum absolute atomic E-state index is 0.483. The van der Waals surface area contributed by atoms with Crippen molar-refractivity contribution < 1.29 is 9.47 Å². The molecule has 0 amide bonds. The fraction of sp³-hybridized carbons (Fsp3) is 0.600. The largest absolute Gasteiger partial charge is 0.486 e. The van der Waals surface area contributed by atoms with Crippen molar-refractivity contribution in [2.45, 2.75) is 58.1 Å². The lowest BCUT2D eigenvalue weighted by molar-refractivity contribution is 0.0556. The van der Waals surface area contributed by atoms with E-state index in [0.717, 1.165) is 44.2 Å². The molecule has 0 aliphatic carbocycles. The Balaban J connectivity index is 1.52. The number of ether oxygens (including phenoxy) is 2. The third-order valence-corrected chi connectivity index (χ3v) is 5.53. The van der Waals surface area contributed by atoms with Gasteiger partial charge < -0.3 is 14.0 Å². The van der Waals surface area contributed by atoms with Gasteiger partial charge in [-0.1, -0.05) is 18.6 Å². The molecule has 1 unspecified atom stereocenters. The summed E-state index contributed by atoms with van der Waals surface area (Å²) >= 11 is 0. The molecular weight excluding hydrogens is 314 g/mol. The Kier molecular flexibility index (Phi) is 5.02. The van der Waals surface area contributed by atoms with Crippen LogP contribution in [0.4, 0.5) is 0 Å². The van der Waals surface area contributed by atoms with Gasteiger partial charge in [-0.2, -0.15) is 0 Å². The molecule has 2 aromatic rings. The predicted octanol–water partition coefficient (Wildman–Crippen LogP) is 3.86. The van der Waals surface area contributed by atoms with Gasteiger partial charge in [0.15, 0.2) is 5.82 Å². The monoisotopic (exact) mass is 341 g/mol. The number of aromatic nitrogens is 3. The molecule has 134 valence electrons. The molecule has 0 spiro atoms. The SMILES string of the molecule is Cc1cccc(OCc2nnc3n2CCCCC3C2CCOCC2)c1. The van der Waals surface area contributed by atoms with Gasteiger partial charge in [0, 0.05) is 25.7 Å². The lowest BCUT2D eigenvalue weighted by atomic mass is 9.82. The van der Waals surface area contributed by atoms with E-state index in [-0.39, 0.29) is 0 Å². The van der Waals surface area contributed by atoms with Crippen molar-refractivity contribution >= 4 is 0 Å². The normalized spacial score (nSPS) is 21.6. The first-order valence-corrected chi connectivity index (χ1v) is 9.50. The Bertz CT molecular complexity index is 707. The molecule has 25 heavy (non-hydrogen) atoms. The smallest absolute Gasteiger partial charge is 0.171 e. The highest BCUT2D eigenvalue weighted by atomic mass is 16.5. The van der Waals surface area contributed by atoms with Crippen LogP contribution in [0.5, 0.6) is 5.75 Å². The molecule has 0 radical (unpaired) electrons. The first kappa shape index (κ1) is 16.6. The first-order valence-electron chi connectivity index (χ1n) is 9.50. The van der Waals surface area contributed by atoms with E-state index < -0.39 is 0 Å². The Morgan fingerprint density at radius 2 is 2.04 bits per heavy atom. The Hall–Kier alpha value is -1.88. The van der Waals surface area contributed by atoms with Gasteiger partial charge in [0.05, 0.1) is 0 Å². The quantitative estimate of drug-likeness (QED) is 0.847. The van der Waals surface area contributed by atoms with E-state index >= 15 is 0 Å². The van der Waals surface area contributed by atoms with Crippen LogP contribution >= 0.6 is 0 Å². The van der Waals surface area contributed by atoms with Crippen molar-refractivity contribution in [3.05, 3.63) is 41.5 Å². The summed E-state index contributed by atoms with van der Waals surface area (Å²) in [5, 5.41) is 9.07. The standard InChI is InChI=1S/C20H27N3O2/c1-15-5-4-6-17(13-15)25-14-19-21-22-20-18(7-2-3-10-23(19)20)16-8-11-24-12-9-16/h4-6,13,16,18H,2-3,7-12,14H2,1H3. The van der Waals surface area contributed by atoms with Gasteiger partial charge in [0.25, 0.3) is 0 Å². The maximum atomic E-state index is 5.98. The molecule has 5 nitrogen and oxygen atoms in total. The van der Waals surface area contributed by atoms with E-state index in [9.17, 15) is 0 Å². The van der Waals surface area contributed by atoms with Crippen LogP contribution in [0.1, 0.15) is 55.2 Å². The number of hydrogen-bond donors (Lipinski definition) is 0. The summed E-state index contributed by atoms with van der Waals surface area (Å²) < 4.78 is 13.8. The summed E-state index contributed by atoms with van der Waals surface area (Å²) in [6, 6.07) is 8.16. The van der Waals surface area contributed by atoms with E-state index in [1.165, 1.54) is 30.7 Å². The van der Waals surface area contributed by atoms with Gasteiger partial charge >= 0.3 is 0 Å². The highest BCUT2D eigenvalue weighted by Gasteiger charge is 2.31. The van der Waals surface area contributed by atoms with Crippen molar-refractivity contribution in [2.75, 3.05) is 13.2 Å². The zero-order valence-electron chi connectivity index (χ0n) is 15.0. The summed E-state index contributed by atoms with van der Waals surface area (Å²) in [5.74, 6) is 4.22. The zero-order chi connectivity index (χ0) is 17.1. The lowest BCUT2D eigenvalue weighted by Crippen LogP contribution is -2.24. The van der Waals surface area contributed by atoms with Crippen LogP contribution in [0.25, 0.3) is 0 Å². The molecule has 4 rings (SSSR count). The fourth-order valence-electron chi connectivity index (χ4n) is 4.15. The molecule has 2 aliphatic rings. The van der Waals surface area contributed by atoms with Crippen molar-refractivity contribution in [3.8, 4) is 5.75 Å². The summed E-state index contributed by atoms with van der Waals surface area (Å²) in [5.41, 5.74) is 1.21. The average Bonchev–Trinajstić information content (AvgIpc) is 2.91. The van der Waals surface area contributed by atoms with Crippen LogP contribution in [0, 0.1) is 12.8 Å². The maximum Gasteiger partial charge on any atom is 0.171 e. The molecular formula is C20H27N3O2. The van der Waals surface area contributed by atoms with Crippen molar-refractivity contribution in [1.29, 1.82) is 0 Å². The van der Waals surface area contributed by atoms with Gasteiger partial charge in [0.2, 0.25) is 0 Å². The van der Waals surface area contributed by atoms with Crippen LogP contribution in [0.15, 0.2) is 24.3 Å². The van der Waals surface area contributed by atoms with E-state index in [2.05, 4.69) is 33.8 Å². The molecule has 3 heterocycles. The minimum Gasteiger partial charge on any atom is -0.486 e. The molecule has 5 heteroatoms. The molecule has 0 N–H and O–H groups in total. The van der Waals surface area contributed by atoms with Crippen LogP contribution in [0.2, 0.25) is 0 Å². The topological polar surface area (TPSA) is 49.2 Å². The zero-order valence-corrected chi connectivity index (χ0v) is 15.0. The van der Waals surface area contributed by atoms with Crippen molar-refractivity contribution in [1.82, 2.24) is 14.8 Å². The molecule has 0 bridgehead atoms. The van der Waals surface area contributed by atoms with Crippen LogP contribution in [-0.2, 0) is 17.9 Å². The van der Waals surface area contributed by atoms with Gasteiger partial charge in [-0.05, 0) is 56.2 Å². The first-order chi connectivity index (χ1) is 12.3. The Labute approximate surface area is 149 Å². The van der Waals surface area contributed by atoms with Crippen LogP contribution in [-0.4, -0.2) is 28.0 Å². The van der Waals surface area contributed by atoms with Crippen LogP contribution < -0.4 is 4.74 Å². The highest BCUT2D eigenvalue weighted by molar-refractivity contribution is 5.27. The highest BCUT2D eigenvalue weighted by Crippen LogP contribution is 2.37. The maximum absolute atomic E-state index is 5.98. The Morgan fingerprint density at radius 3 is 2.88 bits per heavy atom. The van der Waals surface area contributed by atoms with Crippen molar-refractivity contribution in [2.24, 2.45) is 5.92 Å². The number of rotatable bonds is 4. The number of fused-ring (bicyclic) bond motifs is 1. The van der Waals surface area contributed by atoms with E-state index in [0.29, 0.717) is 18.4 Å². The molecule has 2 aliphatic heterocycles. The second-order valence-electron chi connectivity index (χ2n) is 7.28. The third kappa shape index (κ3) is 3.71. The summed E-state index contributed by atoms with van der Waals surface area (Å²) in [6.45, 7) is 5.34. The minimum atomic E-state index is 0.483. The van der Waals surface area contributed by atoms with Gasteiger partial charge in [-0.15, -0.1) is 10.2 Å². The molecule has 1 aromatic carbocycles. The second-order valence-corrected chi connectivity index (χ2v) is 7.28. The Morgan fingerprint density at radius 1 is 1.16 bits per heavy atom. The predicted molar refractivity (Wildman–Crippen MR) is 95.7 cm³/mol. The van der Waals surface area contributed by atoms with Gasteiger partial charge in [0.1, 0.15) is 18.2 Å². The molecule has 1 saturated heterocycles. The van der Waals surface area contributed by atoms with Gasteiger partial charge in [-0.25, -0.2) is 0 Å². The van der Waals surface area contributed by atoms with Crippen molar-refractivity contribution in [3.63, 3.8) is 0 Å². The lowest BCUT2D eigenvalue weighted by Gasteiger charge is -2.28. The molecule has 1 fully saturated rings. The number of aryl methyl sites for hydroxylation is 1. The van der Waals surface area contributed by atoms with Gasteiger partial charge in [-0.3, -0.25) is 0 Å². The second kappa shape index (κ2) is 7.56. The number of hydrogen-bond acceptors (Lipinski definition) is 4. The molecule has 0 saturated carbocycles. The molecule has 1 atom stereocenters. The summed E-state index contributed by atoms with van der Waals surface area (Å²) in [4.78, 5) is 0. The van der Waals surface area contributed by atoms with E-state index in [1.807, 2.05) is 12.1 Å². The van der Waals surface area contributed by atoms with Crippen LogP contribution in [0.3, 0.4) is 0 Å². The summed E-state index contributed by atoms with van der Waals surface area (Å²) in [7, 11) is 0. The summed E-state index contributed by atoms with van der Waals surface area (Å²) in [6.07, 6.45) is 5.98.